The maximum Gasteiger partial charge on any atom is 0.241 e. The predicted octanol–water partition coefficient (Wildman–Crippen LogP) is 2.52. The van der Waals surface area contributed by atoms with Gasteiger partial charge in [0.1, 0.15) is 29.6 Å². The third-order valence-electron chi connectivity index (χ3n) is 5.17. The van der Waals surface area contributed by atoms with Gasteiger partial charge in [-0.15, -0.1) is 0 Å². The zero-order valence-electron chi connectivity index (χ0n) is 14.3. The highest BCUT2D eigenvalue weighted by Gasteiger charge is 2.42. The van der Waals surface area contributed by atoms with Crippen LogP contribution in [0.3, 0.4) is 0 Å². The molecule has 27 heavy (non-hydrogen) atoms. The van der Waals surface area contributed by atoms with Crippen molar-refractivity contribution < 1.29 is 9.47 Å². The first kappa shape index (κ1) is 16.5. The number of aromatic amines is 1. The van der Waals surface area contributed by atoms with Gasteiger partial charge >= 0.3 is 0 Å². The fourth-order valence-corrected chi connectivity index (χ4v) is 4.10. The molecule has 1 aromatic carbocycles. The monoisotopic (exact) mass is 381 g/mol. The molecule has 2 saturated heterocycles. The summed E-state index contributed by atoms with van der Waals surface area (Å²) in [5.41, 5.74) is 3.62. The van der Waals surface area contributed by atoms with Crippen LogP contribution < -0.4 is 10.1 Å². The summed E-state index contributed by atoms with van der Waals surface area (Å²) in [6.07, 6.45) is 3.36. The molecule has 7 nitrogen and oxygen atoms in total. The fourth-order valence-electron chi connectivity index (χ4n) is 3.82. The maximum absolute atomic E-state index is 9.03. The number of hydrogen-bond acceptors (Lipinski definition) is 6. The molecule has 0 radical (unpaired) electrons. The quantitative estimate of drug-likeness (QED) is 0.723. The van der Waals surface area contributed by atoms with Crippen molar-refractivity contribution in [2.24, 2.45) is 5.92 Å². The molecule has 0 aliphatic carbocycles. The lowest BCUT2D eigenvalue weighted by atomic mass is 9.98. The number of piperidine rings is 1. The number of H-pyrrole nitrogens is 1. The molecule has 4 heterocycles. The SMILES string of the molecule is N#Cc1ccc(-c2c[nH]c3c(OC4C5CNCC4OC5)ncnc23)c(Cl)c1. The number of hydrogen-bond donors (Lipinski definition) is 2. The summed E-state index contributed by atoms with van der Waals surface area (Å²) in [4.78, 5) is 12.0. The summed E-state index contributed by atoms with van der Waals surface area (Å²) in [5, 5.41) is 12.9. The van der Waals surface area contributed by atoms with Gasteiger partial charge in [-0.3, -0.25) is 0 Å². The Morgan fingerprint density at radius 3 is 3.00 bits per heavy atom. The molecule has 0 spiro atoms. The lowest BCUT2D eigenvalue weighted by Gasteiger charge is -2.28. The highest BCUT2D eigenvalue weighted by Crippen LogP contribution is 2.36. The van der Waals surface area contributed by atoms with Crippen molar-refractivity contribution in [2.75, 3.05) is 19.7 Å². The second-order valence-corrected chi connectivity index (χ2v) is 7.19. The number of benzene rings is 1. The van der Waals surface area contributed by atoms with Gasteiger partial charge in [0, 0.05) is 41.4 Å². The van der Waals surface area contributed by atoms with Crippen molar-refractivity contribution in [3.63, 3.8) is 0 Å². The van der Waals surface area contributed by atoms with E-state index in [0.29, 0.717) is 29.0 Å². The Morgan fingerprint density at radius 1 is 1.26 bits per heavy atom. The van der Waals surface area contributed by atoms with E-state index < -0.39 is 0 Å². The molecule has 2 aliphatic rings. The first-order valence-electron chi connectivity index (χ1n) is 8.75. The smallest absolute Gasteiger partial charge is 0.241 e. The van der Waals surface area contributed by atoms with E-state index in [-0.39, 0.29) is 12.2 Å². The minimum Gasteiger partial charge on any atom is -0.470 e. The number of ether oxygens (including phenoxy) is 2. The van der Waals surface area contributed by atoms with Crippen molar-refractivity contribution in [1.82, 2.24) is 20.3 Å². The zero-order valence-corrected chi connectivity index (χ0v) is 15.0. The molecule has 2 N–H and O–H groups in total. The van der Waals surface area contributed by atoms with Crippen LogP contribution in [-0.2, 0) is 4.74 Å². The van der Waals surface area contributed by atoms with Crippen LogP contribution in [0.2, 0.25) is 5.02 Å². The molecular weight excluding hydrogens is 366 g/mol. The topological polar surface area (TPSA) is 95.9 Å². The first-order chi connectivity index (χ1) is 13.2. The van der Waals surface area contributed by atoms with E-state index in [9.17, 15) is 0 Å². The first-order valence-corrected chi connectivity index (χ1v) is 9.13. The lowest BCUT2D eigenvalue weighted by Crippen LogP contribution is -2.48. The van der Waals surface area contributed by atoms with Crippen molar-refractivity contribution in [3.8, 4) is 23.1 Å². The number of nitrogens with one attached hydrogen (secondary N) is 2. The normalized spacial score (nSPS) is 24.1. The van der Waals surface area contributed by atoms with E-state index in [2.05, 4.69) is 26.3 Å². The molecule has 3 unspecified atom stereocenters. The average Bonchev–Trinajstić information content (AvgIpc) is 3.19. The Hall–Kier alpha value is -2.66. The third kappa shape index (κ3) is 2.73. The summed E-state index contributed by atoms with van der Waals surface area (Å²) >= 11 is 6.38. The van der Waals surface area contributed by atoms with Crippen molar-refractivity contribution >= 4 is 22.6 Å². The van der Waals surface area contributed by atoms with Crippen molar-refractivity contribution in [3.05, 3.63) is 41.3 Å². The molecule has 2 aromatic heterocycles. The molecule has 136 valence electrons. The molecule has 5 rings (SSSR count). The summed E-state index contributed by atoms with van der Waals surface area (Å²) in [6.45, 7) is 2.37. The van der Waals surface area contributed by atoms with Crippen LogP contribution in [0.5, 0.6) is 5.88 Å². The Morgan fingerprint density at radius 2 is 2.19 bits per heavy atom. The molecular formula is C19H16ClN5O2. The number of nitriles is 1. The standard InChI is InChI=1S/C19H16ClN5O2/c20-14-3-10(4-21)1-2-12(14)13-6-23-17-16(13)24-9-25-19(17)27-18-11-5-22-7-15(18)26-8-11/h1-3,6,9,11,15,18,22-23H,5,7-8H2. The Labute approximate surface area is 160 Å². The molecule has 0 amide bonds. The van der Waals surface area contributed by atoms with E-state index in [0.717, 1.165) is 35.2 Å². The van der Waals surface area contributed by atoms with Gasteiger partial charge in [-0.25, -0.2) is 4.98 Å². The number of fused-ring (bicyclic) bond motifs is 3. The third-order valence-corrected chi connectivity index (χ3v) is 5.48. The van der Waals surface area contributed by atoms with Crippen LogP contribution in [0, 0.1) is 17.2 Å². The van der Waals surface area contributed by atoms with Gasteiger partial charge in [0.2, 0.25) is 5.88 Å². The van der Waals surface area contributed by atoms with Gasteiger partial charge in [-0.05, 0) is 12.1 Å². The molecule has 2 fully saturated rings. The van der Waals surface area contributed by atoms with Crippen LogP contribution in [0.15, 0.2) is 30.7 Å². The molecule has 0 saturated carbocycles. The fraction of sp³-hybridized carbons (Fsp3) is 0.316. The lowest BCUT2D eigenvalue weighted by molar-refractivity contribution is 0.0425. The van der Waals surface area contributed by atoms with Crippen LogP contribution >= 0.6 is 11.6 Å². The molecule has 2 aliphatic heterocycles. The minimum absolute atomic E-state index is 0.0189. The van der Waals surface area contributed by atoms with E-state index in [1.54, 1.807) is 12.1 Å². The van der Waals surface area contributed by atoms with Gasteiger partial charge in [0.25, 0.3) is 0 Å². The molecule has 8 heteroatoms. The van der Waals surface area contributed by atoms with Gasteiger partial charge in [0.05, 0.1) is 18.2 Å². The summed E-state index contributed by atoms with van der Waals surface area (Å²) < 4.78 is 12.0. The Kier molecular flexibility index (Phi) is 3.97. The number of aromatic nitrogens is 3. The largest absolute Gasteiger partial charge is 0.470 e. The van der Waals surface area contributed by atoms with Crippen LogP contribution in [0.4, 0.5) is 0 Å². The van der Waals surface area contributed by atoms with E-state index in [1.807, 2.05) is 12.3 Å². The van der Waals surface area contributed by atoms with Crippen LogP contribution in [0.25, 0.3) is 22.2 Å². The average molecular weight is 382 g/mol. The second kappa shape index (κ2) is 6.50. The van der Waals surface area contributed by atoms with E-state index in [4.69, 9.17) is 26.3 Å². The summed E-state index contributed by atoms with van der Waals surface area (Å²) in [5.74, 6) is 0.833. The maximum atomic E-state index is 9.03. The van der Waals surface area contributed by atoms with Crippen LogP contribution in [0.1, 0.15) is 5.56 Å². The molecule has 3 atom stereocenters. The van der Waals surface area contributed by atoms with Crippen molar-refractivity contribution in [2.45, 2.75) is 12.2 Å². The molecule has 3 aromatic rings. The summed E-state index contributed by atoms with van der Waals surface area (Å²) in [6, 6.07) is 7.31. The van der Waals surface area contributed by atoms with E-state index in [1.165, 1.54) is 6.33 Å². The van der Waals surface area contributed by atoms with E-state index >= 15 is 0 Å². The number of halogens is 1. The highest BCUT2D eigenvalue weighted by molar-refractivity contribution is 6.33. The highest BCUT2D eigenvalue weighted by atomic mass is 35.5. The summed E-state index contributed by atoms with van der Waals surface area (Å²) in [7, 11) is 0. The predicted molar refractivity (Wildman–Crippen MR) is 99.6 cm³/mol. The Balaban J connectivity index is 1.53. The van der Waals surface area contributed by atoms with Crippen molar-refractivity contribution in [1.29, 1.82) is 5.26 Å². The number of nitrogens with zero attached hydrogens (tertiary/aromatic N) is 3. The zero-order chi connectivity index (χ0) is 18.4. The Bertz CT molecular complexity index is 1040. The van der Waals surface area contributed by atoms with Gasteiger partial charge < -0.3 is 19.8 Å². The van der Waals surface area contributed by atoms with Gasteiger partial charge in [-0.1, -0.05) is 17.7 Å². The van der Waals surface area contributed by atoms with Gasteiger partial charge in [0.15, 0.2) is 0 Å². The molecule has 2 bridgehead atoms. The minimum atomic E-state index is -0.0189. The van der Waals surface area contributed by atoms with Gasteiger partial charge in [-0.2, -0.15) is 10.2 Å². The number of rotatable bonds is 3. The van der Waals surface area contributed by atoms with Crippen LogP contribution in [-0.4, -0.2) is 46.9 Å². The second-order valence-electron chi connectivity index (χ2n) is 6.78.